The van der Waals surface area contributed by atoms with Crippen molar-refractivity contribution in [2.45, 2.75) is 45.6 Å². The van der Waals surface area contributed by atoms with Crippen molar-refractivity contribution in [1.82, 2.24) is 0 Å². The Labute approximate surface area is 162 Å². The number of rotatable bonds is 6. The number of fused-ring (bicyclic) bond motifs is 1. The lowest BCUT2D eigenvalue weighted by Crippen LogP contribution is -2.15. The first kappa shape index (κ1) is 17.9. The maximum atomic E-state index is 6.30. The molecule has 2 nitrogen and oxygen atoms in total. The van der Waals surface area contributed by atoms with Gasteiger partial charge in [-0.05, 0) is 48.9 Å². The van der Waals surface area contributed by atoms with Crippen molar-refractivity contribution < 1.29 is 9.47 Å². The molecule has 0 bridgehead atoms. The summed E-state index contributed by atoms with van der Waals surface area (Å²) in [6.07, 6.45) is 6.68. The van der Waals surface area contributed by atoms with E-state index in [2.05, 4.69) is 49.4 Å². The van der Waals surface area contributed by atoms with Crippen molar-refractivity contribution in [2.75, 3.05) is 6.61 Å². The molecule has 0 aromatic heterocycles. The van der Waals surface area contributed by atoms with Gasteiger partial charge in [0.25, 0.3) is 0 Å². The Morgan fingerprint density at radius 1 is 0.778 bits per heavy atom. The van der Waals surface area contributed by atoms with Crippen molar-refractivity contribution >= 4 is 10.8 Å². The predicted octanol–water partition coefficient (Wildman–Crippen LogP) is 6.69. The van der Waals surface area contributed by atoms with E-state index in [1.54, 1.807) is 0 Å². The summed E-state index contributed by atoms with van der Waals surface area (Å²) in [6.45, 7) is 3.55. The maximum Gasteiger partial charge on any atom is 0.127 e. The summed E-state index contributed by atoms with van der Waals surface area (Å²) in [6, 6.07) is 20.8. The van der Waals surface area contributed by atoms with E-state index in [4.69, 9.17) is 9.47 Å². The monoisotopic (exact) mass is 360 g/mol. The van der Waals surface area contributed by atoms with Gasteiger partial charge in [0.1, 0.15) is 18.1 Å². The number of hydrogen-bond donors (Lipinski definition) is 0. The first-order chi connectivity index (χ1) is 13.3. The lowest BCUT2D eigenvalue weighted by atomic mass is 9.90. The third kappa shape index (κ3) is 4.27. The highest BCUT2D eigenvalue weighted by atomic mass is 16.5. The van der Waals surface area contributed by atoms with E-state index in [1.807, 2.05) is 18.2 Å². The van der Waals surface area contributed by atoms with Gasteiger partial charge in [0.2, 0.25) is 0 Å². The largest absolute Gasteiger partial charge is 0.493 e. The number of ether oxygens (including phenoxy) is 2. The molecule has 2 heteroatoms. The van der Waals surface area contributed by atoms with Crippen LogP contribution in [0.2, 0.25) is 0 Å². The van der Waals surface area contributed by atoms with E-state index in [0.717, 1.165) is 23.5 Å². The summed E-state index contributed by atoms with van der Waals surface area (Å²) < 4.78 is 12.5. The van der Waals surface area contributed by atoms with Gasteiger partial charge in [0, 0.05) is 10.8 Å². The van der Waals surface area contributed by atoms with Crippen molar-refractivity contribution in [3.63, 3.8) is 0 Å². The molecule has 0 radical (unpaired) electrons. The first-order valence-electron chi connectivity index (χ1n) is 10.1. The maximum absolute atomic E-state index is 6.30. The van der Waals surface area contributed by atoms with Crippen LogP contribution in [0.15, 0.2) is 60.7 Å². The zero-order chi connectivity index (χ0) is 18.5. The van der Waals surface area contributed by atoms with Crippen LogP contribution >= 0.6 is 0 Å². The lowest BCUT2D eigenvalue weighted by Gasteiger charge is -2.22. The zero-order valence-corrected chi connectivity index (χ0v) is 16.1. The van der Waals surface area contributed by atoms with E-state index < -0.39 is 0 Å². The molecular formula is C25H28O2. The molecule has 1 saturated carbocycles. The minimum Gasteiger partial charge on any atom is -0.493 e. The standard InChI is InChI=1S/C25H28O2/c1-19-15-16-23(26-17-20-9-4-2-5-10-20)22-13-8-14-24(25(19)22)27-18-21-11-6-3-7-12-21/h2,4-5,8-10,13-16,21H,3,6-7,11-12,17-18H2,1H3. The summed E-state index contributed by atoms with van der Waals surface area (Å²) in [5.74, 6) is 2.61. The van der Waals surface area contributed by atoms with Crippen molar-refractivity contribution in [3.8, 4) is 11.5 Å². The molecule has 27 heavy (non-hydrogen) atoms. The van der Waals surface area contributed by atoms with Crippen LogP contribution < -0.4 is 9.47 Å². The minimum atomic E-state index is 0.576. The third-order valence-corrected chi connectivity index (χ3v) is 5.61. The second-order valence-electron chi connectivity index (χ2n) is 7.65. The number of hydrogen-bond acceptors (Lipinski definition) is 2. The normalized spacial score (nSPS) is 15.0. The first-order valence-corrected chi connectivity index (χ1v) is 10.1. The Kier molecular flexibility index (Phi) is 5.62. The molecule has 4 rings (SSSR count). The highest BCUT2D eigenvalue weighted by Gasteiger charge is 2.16. The quantitative estimate of drug-likeness (QED) is 0.488. The topological polar surface area (TPSA) is 18.5 Å². The molecule has 3 aromatic carbocycles. The predicted molar refractivity (Wildman–Crippen MR) is 112 cm³/mol. The van der Waals surface area contributed by atoms with Crippen molar-refractivity contribution in [3.05, 3.63) is 71.8 Å². The highest BCUT2D eigenvalue weighted by Crippen LogP contribution is 2.36. The summed E-state index contributed by atoms with van der Waals surface area (Å²) >= 11 is 0. The van der Waals surface area contributed by atoms with E-state index >= 15 is 0 Å². The Balaban J connectivity index is 1.56. The average molecular weight is 360 g/mol. The molecule has 0 atom stereocenters. The Morgan fingerprint density at radius 3 is 2.41 bits per heavy atom. The van der Waals surface area contributed by atoms with Crippen LogP contribution in [0.1, 0.15) is 43.2 Å². The van der Waals surface area contributed by atoms with Crippen LogP contribution in [0.25, 0.3) is 10.8 Å². The fourth-order valence-electron chi connectivity index (χ4n) is 4.06. The van der Waals surface area contributed by atoms with Crippen LogP contribution in [0.3, 0.4) is 0 Å². The van der Waals surface area contributed by atoms with Gasteiger partial charge >= 0.3 is 0 Å². The van der Waals surface area contributed by atoms with E-state index in [1.165, 1.54) is 48.6 Å². The Hall–Kier alpha value is -2.48. The molecule has 140 valence electrons. The van der Waals surface area contributed by atoms with Gasteiger partial charge in [-0.25, -0.2) is 0 Å². The molecule has 0 heterocycles. The van der Waals surface area contributed by atoms with Crippen LogP contribution in [-0.4, -0.2) is 6.61 Å². The van der Waals surface area contributed by atoms with Crippen molar-refractivity contribution in [2.24, 2.45) is 5.92 Å². The van der Waals surface area contributed by atoms with Crippen molar-refractivity contribution in [1.29, 1.82) is 0 Å². The third-order valence-electron chi connectivity index (χ3n) is 5.61. The molecule has 0 aliphatic heterocycles. The van der Waals surface area contributed by atoms with E-state index in [9.17, 15) is 0 Å². The molecule has 1 aliphatic rings. The van der Waals surface area contributed by atoms with E-state index in [-0.39, 0.29) is 0 Å². The second kappa shape index (κ2) is 8.47. The fraction of sp³-hybridized carbons (Fsp3) is 0.360. The molecule has 1 fully saturated rings. The fourth-order valence-corrected chi connectivity index (χ4v) is 4.06. The van der Waals surface area contributed by atoms with Gasteiger partial charge in [0.15, 0.2) is 0 Å². The summed E-state index contributed by atoms with van der Waals surface area (Å²) in [5.41, 5.74) is 2.41. The Morgan fingerprint density at radius 2 is 1.59 bits per heavy atom. The molecule has 1 aliphatic carbocycles. The van der Waals surface area contributed by atoms with Crippen LogP contribution in [-0.2, 0) is 6.61 Å². The molecule has 0 N–H and O–H groups in total. The molecule has 0 unspecified atom stereocenters. The van der Waals surface area contributed by atoms with Crippen LogP contribution in [0.4, 0.5) is 0 Å². The molecular weight excluding hydrogens is 332 g/mol. The van der Waals surface area contributed by atoms with Crippen LogP contribution in [0, 0.1) is 12.8 Å². The highest BCUT2D eigenvalue weighted by molar-refractivity contribution is 5.95. The van der Waals surface area contributed by atoms with Gasteiger partial charge in [0.05, 0.1) is 6.61 Å². The summed E-state index contributed by atoms with van der Waals surface area (Å²) in [4.78, 5) is 0. The SMILES string of the molecule is Cc1ccc(OCc2ccccc2)c2cccc(OCC3CCCCC3)c12. The molecule has 0 spiro atoms. The zero-order valence-electron chi connectivity index (χ0n) is 16.1. The van der Waals surface area contributed by atoms with Crippen LogP contribution in [0.5, 0.6) is 11.5 Å². The number of benzene rings is 3. The smallest absolute Gasteiger partial charge is 0.127 e. The Bertz CT molecular complexity index is 879. The number of aryl methyl sites for hydroxylation is 1. The summed E-state index contributed by atoms with van der Waals surface area (Å²) in [5, 5.41) is 2.31. The minimum absolute atomic E-state index is 0.576. The second-order valence-corrected chi connectivity index (χ2v) is 7.65. The van der Waals surface area contributed by atoms with Gasteiger partial charge < -0.3 is 9.47 Å². The van der Waals surface area contributed by atoms with Gasteiger partial charge in [-0.3, -0.25) is 0 Å². The van der Waals surface area contributed by atoms with Gasteiger partial charge in [-0.1, -0.05) is 67.8 Å². The average Bonchev–Trinajstić information content (AvgIpc) is 2.73. The van der Waals surface area contributed by atoms with E-state index in [0.29, 0.717) is 12.5 Å². The lowest BCUT2D eigenvalue weighted by molar-refractivity contribution is 0.210. The summed E-state index contributed by atoms with van der Waals surface area (Å²) in [7, 11) is 0. The molecule has 3 aromatic rings. The molecule has 0 saturated heterocycles. The molecule has 0 amide bonds. The van der Waals surface area contributed by atoms with Gasteiger partial charge in [-0.2, -0.15) is 0 Å². The van der Waals surface area contributed by atoms with Gasteiger partial charge in [-0.15, -0.1) is 0 Å².